The van der Waals surface area contributed by atoms with Gasteiger partial charge in [0.1, 0.15) is 5.75 Å². The summed E-state index contributed by atoms with van der Waals surface area (Å²) in [6.07, 6.45) is 3.37. The zero-order valence-electron chi connectivity index (χ0n) is 12.8. The molecule has 1 amide bonds. The molecule has 1 fully saturated rings. The Balaban J connectivity index is 1.80. The molecule has 1 heterocycles. The average molecular weight is 312 g/mol. The van der Waals surface area contributed by atoms with Crippen LogP contribution < -0.4 is 4.74 Å². The van der Waals surface area contributed by atoms with E-state index in [9.17, 15) is 13.6 Å². The van der Waals surface area contributed by atoms with Gasteiger partial charge in [-0.05, 0) is 44.0 Å². The Hall–Kier alpha value is -1.69. The fourth-order valence-corrected chi connectivity index (χ4v) is 2.62. The van der Waals surface area contributed by atoms with Crippen LogP contribution in [0.15, 0.2) is 24.3 Å². The van der Waals surface area contributed by atoms with Crippen molar-refractivity contribution >= 4 is 5.91 Å². The molecule has 0 unspecified atom stereocenters. The van der Waals surface area contributed by atoms with Crippen LogP contribution in [0.4, 0.5) is 8.78 Å². The minimum Gasteiger partial charge on any atom is -0.435 e. The van der Waals surface area contributed by atoms with Crippen LogP contribution in [0.5, 0.6) is 5.75 Å². The maximum absolute atomic E-state index is 12.2. The zero-order chi connectivity index (χ0) is 15.9. The zero-order valence-corrected chi connectivity index (χ0v) is 12.8. The SMILES string of the molecule is CN(CC(=O)N1CCCCC1)Cc1ccc(OC(F)F)cc1. The van der Waals surface area contributed by atoms with Crippen LogP contribution >= 0.6 is 0 Å². The molecule has 2 rings (SSSR count). The Morgan fingerprint density at radius 1 is 1.23 bits per heavy atom. The summed E-state index contributed by atoms with van der Waals surface area (Å²) in [6.45, 7) is -0.140. The predicted octanol–water partition coefficient (Wildman–Crippen LogP) is 2.73. The minimum atomic E-state index is -2.81. The highest BCUT2D eigenvalue weighted by molar-refractivity contribution is 5.78. The molecule has 4 nitrogen and oxygen atoms in total. The highest BCUT2D eigenvalue weighted by Gasteiger charge is 2.17. The van der Waals surface area contributed by atoms with Gasteiger partial charge in [-0.15, -0.1) is 0 Å². The monoisotopic (exact) mass is 312 g/mol. The molecule has 0 atom stereocenters. The smallest absolute Gasteiger partial charge is 0.387 e. The first-order valence-corrected chi connectivity index (χ1v) is 7.54. The fraction of sp³-hybridized carbons (Fsp3) is 0.562. The molecule has 0 N–H and O–H groups in total. The van der Waals surface area contributed by atoms with E-state index in [1.54, 1.807) is 12.1 Å². The van der Waals surface area contributed by atoms with Crippen LogP contribution in [-0.2, 0) is 11.3 Å². The number of halogens is 2. The number of likely N-dealkylation sites (tertiary alicyclic amines) is 1. The van der Waals surface area contributed by atoms with Gasteiger partial charge in [0.25, 0.3) is 0 Å². The van der Waals surface area contributed by atoms with Gasteiger partial charge in [0.2, 0.25) is 5.91 Å². The number of rotatable bonds is 6. The number of nitrogens with zero attached hydrogens (tertiary/aromatic N) is 2. The standard InChI is InChI=1S/C16H22F2N2O2/c1-19(12-15(21)20-9-3-2-4-10-20)11-13-5-7-14(8-6-13)22-16(17)18/h5-8,16H,2-4,9-12H2,1H3. The summed E-state index contributed by atoms with van der Waals surface area (Å²) >= 11 is 0. The van der Waals surface area contributed by atoms with Crippen molar-refractivity contribution in [3.05, 3.63) is 29.8 Å². The van der Waals surface area contributed by atoms with E-state index in [1.165, 1.54) is 18.6 Å². The molecule has 6 heteroatoms. The Morgan fingerprint density at radius 2 is 1.86 bits per heavy atom. The molecule has 0 bridgehead atoms. The predicted molar refractivity (Wildman–Crippen MR) is 79.8 cm³/mol. The highest BCUT2D eigenvalue weighted by Crippen LogP contribution is 2.16. The summed E-state index contributed by atoms with van der Waals surface area (Å²) in [7, 11) is 1.88. The Bertz CT molecular complexity index is 474. The lowest BCUT2D eigenvalue weighted by atomic mass is 10.1. The molecule has 22 heavy (non-hydrogen) atoms. The molecule has 0 aliphatic carbocycles. The van der Waals surface area contributed by atoms with E-state index in [-0.39, 0.29) is 11.7 Å². The largest absolute Gasteiger partial charge is 0.435 e. The number of amides is 1. The number of hydrogen-bond acceptors (Lipinski definition) is 3. The van der Waals surface area contributed by atoms with Crippen LogP contribution in [0.1, 0.15) is 24.8 Å². The Morgan fingerprint density at radius 3 is 2.45 bits per heavy atom. The van der Waals surface area contributed by atoms with Crippen molar-refractivity contribution in [2.75, 3.05) is 26.7 Å². The second kappa shape index (κ2) is 8.08. The first kappa shape index (κ1) is 16.7. The normalized spacial score (nSPS) is 15.4. The summed E-state index contributed by atoms with van der Waals surface area (Å²) in [5.74, 6) is 0.297. The topological polar surface area (TPSA) is 32.8 Å². The van der Waals surface area contributed by atoms with Crippen LogP contribution in [0.3, 0.4) is 0 Å². The van der Waals surface area contributed by atoms with Gasteiger partial charge in [-0.1, -0.05) is 12.1 Å². The number of carbonyl (C=O) groups excluding carboxylic acids is 1. The maximum Gasteiger partial charge on any atom is 0.387 e. The van der Waals surface area contributed by atoms with E-state index in [2.05, 4.69) is 4.74 Å². The minimum absolute atomic E-state index is 0.144. The highest BCUT2D eigenvalue weighted by atomic mass is 19.3. The lowest BCUT2D eigenvalue weighted by molar-refractivity contribution is -0.133. The maximum atomic E-state index is 12.2. The van der Waals surface area contributed by atoms with Gasteiger partial charge >= 0.3 is 6.61 Å². The molecule has 122 valence electrons. The molecule has 1 aliphatic rings. The third-order valence-electron chi connectivity index (χ3n) is 3.71. The summed E-state index contributed by atoms with van der Waals surface area (Å²) in [5.41, 5.74) is 0.954. The van der Waals surface area contributed by atoms with Gasteiger partial charge in [-0.2, -0.15) is 8.78 Å². The number of likely N-dealkylation sites (N-methyl/N-ethyl adjacent to an activating group) is 1. The van der Waals surface area contributed by atoms with E-state index in [0.29, 0.717) is 13.1 Å². The van der Waals surface area contributed by atoms with Crippen molar-refractivity contribution in [3.8, 4) is 5.75 Å². The molecule has 0 radical (unpaired) electrons. The molecular weight excluding hydrogens is 290 g/mol. The number of alkyl halides is 2. The van der Waals surface area contributed by atoms with Crippen LogP contribution in [0.2, 0.25) is 0 Å². The van der Waals surface area contributed by atoms with Gasteiger partial charge in [0.05, 0.1) is 6.54 Å². The molecular formula is C16H22F2N2O2. The number of ether oxygens (including phenoxy) is 1. The third-order valence-corrected chi connectivity index (χ3v) is 3.71. The van der Waals surface area contributed by atoms with Crippen molar-refractivity contribution in [3.63, 3.8) is 0 Å². The van der Waals surface area contributed by atoms with E-state index < -0.39 is 6.61 Å². The molecule has 0 saturated carbocycles. The van der Waals surface area contributed by atoms with Crippen molar-refractivity contribution in [2.24, 2.45) is 0 Å². The first-order valence-electron chi connectivity index (χ1n) is 7.54. The van der Waals surface area contributed by atoms with Gasteiger partial charge in [0, 0.05) is 19.6 Å². The summed E-state index contributed by atoms with van der Waals surface area (Å²) in [6, 6.07) is 6.50. The lowest BCUT2D eigenvalue weighted by Crippen LogP contribution is -2.41. The van der Waals surface area contributed by atoms with Crippen molar-refractivity contribution in [1.29, 1.82) is 0 Å². The number of carbonyl (C=O) groups is 1. The molecule has 0 spiro atoms. The quantitative estimate of drug-likeness (QED) is 0.810. The van der Waals surface area contributed by atoms with E-state index in [0.717, 1.165) is 31.5 Å². The number of piperidine rings is 1. The van der Waals surface area contributed by atoms with Crippen molar-refractivity contribution in [1.82, 2.24) is 9.80 Å². The molecule has 1 saturated heterocycles. The summed E-state index contributed by atoms with van der Waals surface area (Å²) in [4.78, 5) is 16.0. The fourth-order valence-electron chi connectivity index (χ4n) is 2.62. The molecule has 1 aromatic rings. The Labute approximate surface area is 129 Å². The molecule has 0 aromatic heterocycles. The van der Waals surface area contributed by atoms with Gasteiger partial charge in [0.15, 0.2) is 0 Å². The van der Waals surface area contributed by atoms with E-state index in [1.807, 2.05) is 16.8 Å². The van der Waals surface area contributed by atoms with E-state index in [4.69, 9.17) is 0 Å². The number of benzene rings is 1. The second-order valence-electron chi connectivity index (χ2n) is 5.64. The van der Waals surface area contributed by atoms with Gasteiger partial charge < -0.3 is 9.64 Å². The summed E-state index contributed by atoms with van der Waals surface area (Å²) < 4.78 is 28.5. The van der Waals surface area contributed by atoms with Crippen LogP contribution in [0.25, 0.3) is 0 Å². The van der Waals surface area contributed by atoms with Gasteiger partial charge in [-0.3, -0.25) is 9.69 Å². The average Bonchev–Trinajstić information content (AvgIpc) is 2.49. The van der Waals surface area contributed by atoms with Crippen molar-refractivity contribution in [2.45, 2.75) is 32.4 Å². The van der Waals surface area contributed by atoms with E-state index >= 15 is 0 Å². The van der Waals surface area contributed by atoms with Crippen LogP contribution in [0, 0.1) is 0 Å². The summed E-state index contributed by atoms with van der Waals surface area (Å²) in [5, 5.41) is 0. The Kier molecular flexibility index (Phi) is 6.12. The van der Waals surface area contributed by atoms with Gasteiger partial charge in [-0.25, -0.2) is 0 Å². The lowest BCUT2D eigenvalue weighted by Gasteiger charge is -2.28. The first-order chi connectivity index (χ1) is 10.5. The molecule has 1 aliphatic heterocycles. The third kappa shape index (κ3) is 5.26. The van der Waals surface area contributed by atoms with Crippen LogP contribution in [-0.4, -0.2) is 49.0 Å². The number of hydrogen-bond donors (Lipinski definition) is 0. The molecule has 1 aromatic carbocycles. The van der Waals surface area contributed by atoms with Crippen molar-refractivity contribution < 1.29 is 18.3 Å². The second-order valence-corrected chi connectivity index (χ2v) is 5.64.